The third-order valence-electron chi connectivity index (χ3n) is 2.41. The molecule has 3 nitrogen and oxygen atoms in total. The van der Waals surface area contributed by atoms with Crippen LogP contribution in [0.2, 0.25) is 0 Å². The van der Waals surface area contributed by atoms with Crippen LogP contribution in [0, 0.1) is 5.82 Å². The molecule has 0 amide bonds. The monoisotopic (exact) mass is 195 g/mol. The molecule has 0 fully saturated rings. The lowest BCUT2D eigenvalue weighted by molar-refractivity contribution is -0.139. The summed E-state index contributed by atoms with van der Waals surface area (Å²) in [5, 5.41) is 11.8. The average Bonchev–Trinajstić information content (AvgIpc) is 2.16. The van der Waals surface area contributed by atoms with Crippen molar-refractivity contribution in [3.8, 4) is 0 Å². The fraction of sp³-hybridized carbons (Fsp3) is 0.300. The van der Waals surface area contributed by atoms with Crippen LogP contribution in [-0.2, 0) is 11.2 Å². The van der Waals surface area contributed by atoms with Crippen LogP contribution in [0.15, 0.2) is 18.2 Å². The molecule has 1 aromatic rings. The first-order chi connectivity index (χ1) is 6.68. The summed E-state index contributed by atoms with van der Waals surface area (Å²) in [7, 11) is 0. The zero-order valence-corrected chi connectivity index (χ0v) is 7.46. The lowest BCUT2D eigenvalue weighted by atomic mass is 9.94. The number of nitrogens with one attached hydrogen (secondary N) is 1. The molecule has 0 spiro atoms. The molecule has 0 aromatic heterocycles. The number of fused-ring (bicyclic) bond motifs is 1. The molecule has 74 valence electrons. The summed E-state index contributed by atoms with van der Waals surface area (Å²) < 4.78 is 12.9. The Morgan fingerprint density at radius 3 is 3.07 bits per heavy atom. The van der Waals surface area contributed by atoms with Crippen LogP contribution in [-0.4, -0.2) is 17.6 Å². The number of halogens is 1. The molecule has 0 bridgehead atoms. The number of carboxylic acid groups (broad SMARTS) is 1. The summed E-state index contributed by atoms with van der Waals surface area (Å²) in [5.41, 5.74) is 1.46. The third kappa shape index (κ3) is 1.48. The second-order valence-corrected chi connectivity index (χ2v) is 3.32. The first kappa shape index (κ1) is 9.15. The van der Waals surface area contributed by atoms with Crippen LogP contribution < -0.4 is 5.32 Å². The van der Waals surface area contributed by atoms with Gasteiger partial charge in [-0.1, -0.05) is 6.07 Å². The number of carboxylic acids is 1. The van der Waals surface area contributed by atoms with Crippen LogP contribution in [0.25, 0.3) is 0 Å². The molecule has 1 aromatic carbocycles. The average molecular weight is 195 g/mol. The van der Waals surface area contributed by atoms with Crippen molar-refractivity contribution in [2.24, 2.45) is 0 Å². The van der Waals surface area contributed by atoms with E-state index in [4.69, 9.17) is 5.11 Å². The van der Waals surface area contributed by atoms with Gasteiger partial charge < -0.3 is 10.4 Å². The molecule has 14 heavy (non-hydrogen) atoms. The normalized spacial score (nSPS) is 20.2. The number of benzene rings is 1. The predicted molar refractivity (Wildman–Crippen MR) is 48.5 cm³/mol. The molecule has 0 saturated carbocycles. The Kier molecular flexibility index (Phi) is 2.21. The maximum Gasteiger partial charge on any atom is 0.325 e. The lowest BCUT2D eigenvalue weighted by Crippen LogP contribution is -2.35. The summed E-state index contributed by atoms with van der Waals surface area (Å²) in [5.74, 6) is -1.23. The van der Waals surface area contributed by atoms with Crippen LogP contribution in [0.5, 0.6) is 0 Å². The number of rotatable bonds is 1. The summed E-state index contributed by atoms with van der Waals surface area (Å²) in [6.07, 6.45) is 0.677. The van der Waals surface area contributed by atoms with Crippen LogP contribution in [0.4, 0.5) is 4.39 Å². The second kappa shape index (κ2) is 3.38. The zero-order valence-electron chi connectivity index (χ0n) is 7.46. The molecule has 1 aliphatic heterocycles. The molecular formula is C10H10FNO2. The maximum absolute atomic E-state index is 12.9. The van der Waals surface area contributed by atoms with E-state index in [9.17, 15) is 9.18 Å². The summed E-state index contributed by atoms with van der Waals surface area (Å²) in [6.45, 7) is 0.577. The molecule has 0 aliphatic carbocycles. The minimum Gasteiger partial charge on any atom is -0.480 e. The van der Waals surface area contributed by atoms with E-state index in [1.807, 2.05) is 0 Å². The Balaban J connectivity index is 2.44. The van der Waals surface area contributed by atoms with Gasteiger partial charge in [-0.2, -0.15) is 0 Å². The van der Waals surface area contributed by atoms with Gasteiger partial charge in [0.2, 0.25) is 0 Å². The van der Waals surface area contributed by atoms with Crippen molar-refractivity contribution in [1.29, 1.82) is 0 Å². The predicted octanol–water partition coefficient (Wildman–Crippen LogP) is 1.10. The smallest absolute Gasteiger partial charge is 0.325 e. The van der Waals surface area contributed by atoms with Crippen LogP contribution in [0.1, 0.15) is 17.2 Å². The first-order valence-electron chi connectivity index (χ1n) is 4.43. The molecule has 0 radical (unpaired) electrons. The van der Waals surface area contributed by atoms with Crippen molar-refractivity contribution in [1.82, 2.24) is 5.32 Å². The minimum atomic E-state index is -0.919. The molecule has 0 unspecified atom stereocenters. The largest absolute Gasteiger partial charge is 0.480 e. The molecule has 0 saturated heterocycles. The molecule has 1 heterocycles. The quantitative estimate of drug-likeness (QED) is 0.705. The summed E-state index contributed by atoms with van der Waals surface area (Å²) >= 11 is 0. The van der Waals surface area contributed by atoms with E-state index < -0.39 is 12.0 Å². The second-order valence-electron chi connectivity index (χ2n) is 3.32. The van der Waals surface area contributed by atoms with E-state index in [2.05, 4.69) is 5.32 Å². The first-order valence-corrected chi connectivity index (χ1v) is 4.43. The molecule has 1 atom stereocenters. The number of aliphatic carboxylic acids is 1. The van der Waals surface area contributed by atoms with Gasteiger partial charge in [0.05, 0.1) is 0 Å². The van der Waals surface area contributed by atoms with E-state index in [0.29, 0.717) is 18.5 Å². The van der Waals surface area contributed by atoms with Crippen molar-refractivity contribution in [2.45, 2.75) is 12.5 Å². The van der Waals surface area contributed by atoms with Gasteiger partial charge in [0.15, 0.2) is 0 Å². The highest BCUT2D eigenvalue weighted by Gasteiger charge is 2.25. The van der Waals surface area contributed by atoms with E-state index in [1.54, 1.807) is 0 Å². The topological polar surface area (TPSA) is 49.3 Å². The summed E-state index contributed by atoms with van der Waals surface area (Å²) in [4.78, 5) is 10.8. The van der Waals surface area contributed by atoms with Gasteiger partial charge in [-0.15, -0.1) is 0 Å². The van der Waals surface area contributed by atoms with E-state index >= 15 is 0 Å². The molecule has 1 aliphatic rings. The van der Waals surface area contributed by atoms with Gasteiger partial charge in [-0.05, 0) is 29.7 Å². The van der Waals surface area contributed by atoms with Crippen molar-refractivity contribution in [3.63, 3.8) is 0 Å². The van der Waals surface area contributed by atoms with Gasteiger partial charge in [0, 0.05) is 6.54 Å². The maximum atomic E-state index is 12.9. The van der Waals surface area contributed by atoms with Crippen molar-refractivity contribution >= 4 is 5.97 Å². The molecule has 2 N–H and O–H groups in total. The zero-order chi connectivity index (χ0) is 10.1. The highest BCUT2D eigenvalue weighted by molar-refractivity contribution is 5.76. The Bertz CT molecular complexity index is 378. The van der Waals surface area contributed by atoms with Gasteiger partial charge in [-0.25, -0.2) is 4.39 Å². The standard InChI is InChI=1S/C10H10FNO2/c11-7-1-2-8-6(5-7)3-4-12-9(8)10(13)14/h1-2,5,9,12H,3-4H2,(H,13,14)/t9-/m0/s1. The Hall–Kier alpha value is -1.42. The van der Waals surface area contributed by atoms with E-state index in [-0.39, 0.29) is 5.82 Å². The minimum absolute atomic E-state index is 0.310. The fourth-order valence-electron chi connectivity index (χ4n) is 1.75. The van der Waals surface area contributed by atoms with Gasteiger partial charge in [-0.3, -0.25) is 4.79 Å². The molecule has 2 rings (SSSR count). The van der Waals surface area contributed by atoms with Crippen molar-refractivity contribution in [3.05, 3.63) is 35.1 Å². The lowest BCUT2D eigenvalue weighted by Gasteiger charge is -2.23. The van der Waals surface area contributed by atoms with E-state index in [1.165, 1.54) is 18.2 Å². The number of carbonyl (C=O) groups is 1. The van der Waals surface area contributed by atoms with Gasteiger partial charge in [0.1, 0.15) is 11.9 Å². The van der Waals surface area contributed by atoms with Crippen molar-refractivity contribution in [2.75, 3.05) is 6.54 Å². The Morgan fingerprint density at radius 2 is 2.36 bits per heavy atom. The third-order valence-corrected chi connectivity index (χ3v) is 2.41. The van der Waals surface area contributed by atoms with Crippen LogP contribution >= 0.6 is 0 Å². The Labute approximate surface area is 80.6 Å². The van der Waals surface area contributed by atoms with E-state index in [0.717, 1.165) is 5.56 Å². The van der Waals surface area contributed by atoms with Gasteiger partial charge >= 0.3 is 5.97 Å². The van der Waals surface area contributed by atoms with Gasteiger partial charge in [0.25, 0.3) is 0 Å². The highest BCUT2D eigenvalue weighted by atomic mass is 19.1. The molecular weight excluding hydrogens is 185 g/mol. The van der Waals surface area contributed by atoms with Crippen LogP contribution in [0.3, 0.4) is 0 Å². The fourth-order valence-corrected chi connectivity index (χ4v) is 1.75. The number of hydrogen-bond donors (Lipinski definition) is 2. The SMILES string of the molecule is O=C(O)[C@H]1NCCc2cc(F)ccc21. The Morgan fingerprint density at radius 1 is 1.57 bits per heavy atom. The number of hydrogen-bond acceptors (Lipinski definition) is 2. The van der Waals surface area contributed by atoms with Crippen molar-refractivity contribution < 1.29 is 14.3 Å². The highest BCUT2D eigenvalue weighted by Crippen LogP contribution is 2.23. The molecule has 4 heteroatoms. The summed E-state index contributed by atoms with van der Waals surface area (Å²) in [6, 6.07) is 3.54.